The fourth-order valence-electron chi connectivity index (χ4n) is 9.77. The Morgan fingerprint density at radius 1 is 0.634 bits per heavy atom. The van der Waals surface area contributed by atoms with Gasteiger partial charge < -0.3 is 4.57 Å². The van der Waals surface area contributed by atoms with Crippen molar-refractivity contribution in [2.24, 2.45) is 5.92 Å². The van der Waals surface area contributed by atoms with E-state index < -0.39 is 13.3 Å². The molecule has 0 amide bonds. The van der Waals surface area contributed by atoms with Crippen molar-refractivity contribution in [1.29, 1.82) is 0 Å². The summed E-state index contributed by atoms with van der Waals surface area (Å²) in [5.41, 5.74) is 16.6. The number of pyridine rings is 2. The molecule has 0 N–H and O–H groups in total. The Bertz CT molecular complexity index is 3640. The van der Waals surface area contributed by atoms with E-state index >= 15 is 0 Å². The maximum absolute atomic E-state index is 5.37. The van der Waals surface area contributed by atoms with Crippen LogP contribution in [0, 0.1) is 24.3 Å². The summed E-state index contributed by atoms with van der Waals surface area (Å²) >= 11 is 1.58. The maximum atomic E-state index is 5.37. The number of hydrogen-bond acceptors (Lipinski definition) is 5. The first-order valence-electron chi connectivity index (χ1n) is 24.6. The molecule has 1 radical (unpaired) electrons. The second-order valence-electron chi connectivity index (χ2n) is 20.7. The third kappa shape index (κ3) is 10.3. The van der Waals surface area contributed by atoms with Crippen LogP contribution in [0.4, 0.5) is 0 Å². The predicted molar refractivity (Wildman–Crippen MR) is 305 cm³/mol. The van der Waals surface area contributed by atoms with Crippen LogP contribution in [0.25, 0.3) is 92.0 Å². The van der Waals surface area contributed by atoms with Crippen molar-refractivity contribution in [3.05, 3.63) is 186 Å². The molecule has 8 heteroatoms. The van der Waals surface area contributed by atoms with E-state index in [1.54, 1.807) is 27.1 Å². The zero-order valence-electron chi connectivity index (χ0n) is 42.3. The van der Waals surface area contributed by atoms with Crippen LogP contribution in [0.3, 0.4) is 0 Å². The van der Waals surface area contributed by atoms with E-state index in [4.69, 9.17) is 15.0 Å². The summed E-state index contributed by atoms with van der Waals surface area (Å²) in [5, 5.41) is 7.38. The van der Waals surface area contributed by atoms with E-state index in [9.17, 15) is 0 Å². The molecule has 0 unspecified atom stereocenters. The second kappa shape index (κ2) is 20.9. The molecule has 0 bridgehead atoms. The van der Waals surface area contributed by atoms with Crippen molar-refractivity contribution in [2.45, 2.75) is 84.0 Å². The fourth-order valence-corrected chi connectivity index (χ4v) is 15.0. The summed E-state index contributed by atoms with van der Waals surface area (Å²) in [6.45, 7) is 15.8. The molecule has 0 aliphatic rings. The second-order valence-corrected chi connectivity index (χ2v) is 33.1. The van der Waals surface area contributed by atoms with Gasteiger partial charge in [-0.25, -0.2) is 4.98 Å². The third-order valence-corrected chi connectivity index (χ3v) is 19.6. The molecule has 4 nitrogen and oxygen atoms in total. The topological polar surface area (TPSA) is 43.6 Å². The van der Waals surface area contributed by atoms with Crippen LogP contribution in [0.5, 0.6) is 0 Å². The van der Waals surface area contributed by atoms with E-state index in [2.05, 4.69) is 215 Å². The molecule has 0 fully saturated rings. The average Bonchev–Trinajstić information content (AvgIpc) is 4.06. The molecule has 359 valence electrons. The Hall–Kier alpha value is -5.54. The normalized spacial score (nSPS) is 11.8. The zero-order valence-corrected chi connectivity index (χ0v) is 48.4. The van der Waals surface area contributed by atoms with Crippen molar-refractivity contribution in [1.82, 2.24) is 19.5 Å². The van der Waals surface area contributed by atoms with Crippen LogP contribution in [-0.4, -0.2) is 32.8 Å². The van der Waals surface area contributed by atoms with Crippen molar-refractivity contribution < 1.29 is 20.1 Å². The van der Waals surface area contributed by atoms with E-state index in [-0.39, 0.29) is 20.1 Å². The largest absolute Gasteiger partial charge is 0.333 e. The number of rotatable bonds is 10. The number of fused-ring (bicyclic) bond motifs is 5. The molecule has 5 aromatic heterocycles. The van der Waals surface area contributed by atoms with Crippen LogP contribution in [0.15, 0.2) is 152 Å². The number of nitrogens with zero attached hydrogens (tertiary/aromatic N) is 4. The SMILES string of the molecule is CC(C)Cc1cc(-c2[c-]cccc2)nc[c]1[Ge]([CH3])([CH3])[CH3].Cc1ccc2c(n1)sc1ccc(-c3ccc4s[c-]c(-c5nc6ccccc6n5-c5c(C(C)C)cc(-c6ccccc6)cc5C(C)C)c4c3)cc12.[Ir]. The van der Waals surface area contributed by atoms with Gasteiger partial charge in [-0.3, -0.25) is 16.3 Å². The minimum Gasteiger partial charge on any atom is -0.333 e. The van der Waals surface area contributed by atoms with Gasteiger partial charge in [0.05, 0.1) is 16.9 Å². The number of imidazole rings is 1. The summed E-state index contributed by atoms with van der Waals surface area (Å²) in [7, 11) is 0. The number of benzene rings is 6. The van der Waals surface area contributed by atoms with Crippen molar-refractivity contribution in [3.63, 3.8) is 0 Å². The molecule has 11 aromatic rings. The molecular weight excluding hydrogens is 1140 g/mol. The average molecular weight is 1200 g/mol. The monoisotopic (exact) mass is 1200 g/mol. The molecule has 0 spiro atoms. The fraction of sp³-hybridized carbons (Fsp3) is 0.222. The molecule has 0 saturated carbocycles. The van der Waals surface area contributed by atoms with Crippen molar-refractivity contribution in [3.8, 4) is 50.6 Å². The van der Waals surface area contributed by atoms with Crippen LogP contribution >= 0.6 is 22.7 Å². The van der Waals surface area contributed by atoms with Gasteiger partial charge in [0.2, 0.25) is 0 Å². The van der Waals surface area contributed by atoms with Gasteiger partial charge in [-0.05, 0) is 101 Å². The van der Waals surface area contributed by atoms with Crippen LogP contribution < -0.4 is 4.40 Å². The third-order valence-electron chi connectivity index (χ3n) is 13.3. The number of aromatic nitrogens is 4. The Morgan fingerprint density at radius 2 is 1.31 bits per heavy atom. The van der Waals surface area contributed by atoms with E-state index in [1.165, 1.54) is 70.2 Å². The van der Waals surface area contributed by atoms with Gasteiger partial charge in [0.1, 0.15) is 4.83 Å². The quantitative estimate of drug-likeness (QED) is 0.101. The van der Waals surface area contributed by atoms with Gasteiger partial charge in [0.25, 0.3) is 0 Å². The van der Waals surface area contributed by atoms with Crippen molar-refractivity contribution >= 4 is 81.8 Å². The smallest absolute Gasteiger partial charge is 0.124 e. The van der Waals surface area contributed by atoms with E-state index in [0.29, 0.717) is 17.8 Å². The molecule has 0 saturated heterocycles. The molecule has 11 rings (SSSR count). The minimum absolute atomic E-state index is 0. The van der Waals surface area contributed by atoms with Crippen LogP contribution in [-0.2, 0) is 26.5 Å². The number of thiophene rings is 2. The maximum Gasteiger partial charge on any atom is 0.124 e. The standard InChI is InChI=1S/C45H36N3S2.C18H24GeN.Ir/c1-26(2)34-23-32(29-11-7-6-8-12-29)24-35(27(3)4)43(34)48-40-14-10-9-13-39(40)47-44(48)38-25-49-41-19-16-30(22-37(38)41)31-17-20-42-36(21-31)33-18-15-28(5)46-45(33)50-42;1-14(2)11-16-12-18(15-9-7-6-8-10-15)20-13-17(16)19(3,4)5;/h6-24,26-27H,1-5H3;6-9,12-14H,11H2,1-5H3;/q2*-1;. The Labute approximate surface area is 444 Å². The first kappa shape index (κ1) is 50.4. The number of aryl methyl sites for hydroxylation is 1. The zero-order chi connectivity index (χ0) is 48.8. The molecular formula is C63H60GeIrN4S2-2. The number of para-hydroxylation sites is 2. The Balaban J connectivity index is 0.000000251. The summed E-state index contributed by atoms with van der Waals surface area (Å²) in [4.78, 5) is 16.0. The summed E-state index contributed by atoms with van der Waals surface area (Å²) < 4.78 is 6.44. The van der Waals surface area contributed by atoms with Gasteiger partial charge in [0, 0.05) is 47.0 Å². The molecule has 0 atom stereocenters. The summed E-state index contributed by atoms with van der Waals surface area (Å²) in [6.07, 6.45) is 3.27. The molecule has 5 heterocycles. The molecule has 0 aliphatic heterocycles. The molecule has 0 aliphatic carbocycles. The van der Waals surface area contributed by atoms with E-state index in [1.807, 2.05) is 18.2 Å². The minimum atomic E-state index is -1.86. The van der Waals surface area contributed by atoms with Crippen molar-refractivity contribution in [2.75, 3.05) is 0 Å². The van der Waals surface area contributed by atoms with Gasteiger partial charge in [0.15, 0.2) is 0 Å². The van der Waals surface area contributed by atoms with Crippen LogP contribution in [0.2, 0.25) is 17.3 Å². The van der Waals surface area contributed by atoms with Gasteiger partial charge in [-0.1, -0.05) is 110 Å². The molecule has 71 heavy (non-hydrogen) atoms. The number of hydrogen-bond donors (Lipinski definition) is 0. The van der Waals surface area contributed by atoms with Crippen LogP contribution in [0.1, 0.15) is 75.8 Å². The molecule has 6 aromatic carbocycles. The Morgan fingerprint density at radius 3 is 1.99 bits per heavy atom. The van der Waals surface area contributed by atoms with E-state index in [0.717, 1.165) is 50.6 Å². The first-order chi connectivity index (χ1) is 33.7. The van der Waals surface area contributed by atoms with Gasteiger partial charge in [-0.15, -0.1) is 16.7 Å². The Kier molecular flexibility index (Phi) is 14.8. The van der Waals surface area contributed by atoms with Gasteiger partial charge in [-0.2, -0.15) is 0 Å². The summed E-state index contributed by atoms with van der Waals surface area (Å²) in [6, 6.07) is 55.7. The first-order valence-corrected chi connectivity index (χ1v) is 33.6. The van der Waals surface area contributed by atoms with Gasteiger partial charge >= 0.3 is 126 Å². The predicted octanol–water partition coefficient (Wildman–Crippen LogP) is 17.6. The summed E-state index contributed by atoms with van der Waals surface area (Å²) in [5.74, 6) is 9.54.